The van der Waals surface area contributed by atoms with Crippen LogP contribution in [-0.4, -0.2) is 9.97 Å². The van der Waals surface area contributed by atoms with E-state index in [-0.39, 0.29) is 0 Å². The summed E-state index contributed by atoms with van der Waals surface area (Å²) in [7, 11) is 0. The Balaban J connectivity index is 1.48. The molecule has 7 aromatic rings. The minimum absolute atomic E-state index is 0.902. The third kappa shape index (κ3) is 2.96. The highest BCUT2D eigenvalue weighted by molar-refractivity contribution is 6.23. The van der Waals surface area contributed by atoms with Gasteiger partial charge in [-0.2, -0.15) is 0 Å². The van der Waals surface area contributed by atoms with E-state index in [1.807, 2.05) is 18.2 Å². The molecule has 0 saturated heterocycles. The summed E-state index contributed by atoms with van der Waals surface area (Å²) in [6.07, 6.45) is 0. The Morgan fingerprint density at radius 3 is 1.82 bits per heavy atom. The van der Waals surface area contributed by atoms with Crippen molar-refractivity contribution in [2.75, 3.05) is 0 Å². The van der Waals surface area contributed by atoms with Gasteiger partial charge < -0.3 is 0 Å². The molecule has 0 spiro atoms. The first-order valence-electron chi connectivity index (χ1n) is 11.5. The molecule has 2 heteroatoms. The molecule has 0 amide bonds. The van der Waals surface area contributed by atoms with Gasteiger partial charge in [-0.3, -0.25) is 0 Å². The van der Waals surface area contributed by atoms with Crippen LogP contribution in [0.5, 0.6) is 0 Å². The number of hydrogen-bond donors (Lipinski definition) is 0. The van der Waals surface area contributed by atoms with E-state index < -0.39 is 0 Å². The lowest BCUT2D eigenvalue weighted by Crippen LogP contribution is -1.91. The highest BCUT2D eigenvalue weighted by atomic mass is 14.8. The van der Waals surface area contributed by atoms with Crippen LogP contribution in [0.25, 0.3) is 65.9 Å². The van der Waals surface area contributed by atoms with Crippen molar-refractivity contribution in [2.24, 2.45) is 0 Å². The van der Waals surface area contributed by atoms with E-state index >= 15 is 0 Å². The van der Waals surface area contributed by atoms with Crippen molar-refractivity contribution in [3.05, 3.63) is 121 Å². The second-order valence-corrected chi connectivity index (χ2v) is 8.65. The first-order chi connectivity index (χ1) is 16.8. The number of rotatable bonds is 2. The van der Waals surface area contributed by atoms with Gasteiger partial charge in [0.05, 0.1) is 22.4 Å². The number of hydrogen-bond acceptors (Lipinski definition) is 2. The van der Waals surface area contributed by atoms with Crippen LogP contribution in [0.2, 0.25) is 0 Å². The topological polar surface area (TPSA) is 25.8 Å². The summed E-state index contributed by atoms with van der Waals surface area (Å²) in [5.41, 5.74) is 5.99. The van der Waals surface area contributed by atoms with E-state index in [0.717, 1.165) is 33.5 Å². The lowest BCUT2D eigenvalue weighted by atomic mass is 9.92. The summed E-state index contributed by atoms with van der Waals surface area (Å²) < 4.78 is 0. The van der Waals surface area contributed by atoms with Crippen LogP contribution in [0.3, 0.4) is 0 Å². The SMILES string of the molecule is c1ccc(-c2ccc3nc(-c4cccc5ccc6ccc7ccccc7c6c45)ccc3n2)cc1. The fourth-order valence-corrected chi connectivity index (χ4v) is 5.02. The number of pyridine rings is 2. The van der Waals surface area contributed by atoms with Gasteiger partial charge in [0.1, 0.15) is 0 Å². The number of benzene rings is 5. The van der Waals surface area contributed by atoms with Crippen molar-refractivity contribution in [3.63, 3.8) is 0 Å². The Labute approximate surface area is 197 Å². The van der Waals surface area contributed by atoms with Crippen molar-refractivity contribution in [2.45, 2.75) is 0 Å². The summed E-state index contributed by atoms with van der Waals surface area (Å²) in [5.74, 6) is 0. The molecular weight excluding hydrogens is 412 g/mol. The van der Waals surface area contributed by atoms with E-state index in [4.69, 9.17) is 9.97 Å². The lowest BCUT2D eigenvalue weighted by Gasteiger charge is -2.13. The molecule has 0 radical (unpaired) electrons. The van der Waals surface area contributed by atoms with Crippen LogP contribution < -0.4 is 0 Å². The molecule has 0 aliphatic rings. The van der Waals surface area contributed by atoms with Crippen LogP contribution >= 0.6 is 0 Å². The van der Waals surface area contributed by atoms with Gasteiger partial charge in [0, 0.05) is 11.1 Å². The minimum Gasteiger partial charge on any atom is -0.246 e. The maximum absolute atomic E-state index is 5.05. The molecular formula is C32H20N2. The molecule has 0 saturated carbocycles. The van der Waals surface area contributed by atoms with Crippen molar-refractivity contribution < 1.29 is 0 Å². The molecule has 0 aliphatic heterocycles. The maximum Gasteiger partial charge on any atom is 0.0894 e. The number of fused-ring (bicyclic) bond motifs is 6. The molecule has 0 bridgehead atoms. The predicted octanol–water partition coefficient (Wildman–Crippen LogP) is 8.42. The van der Waals surface area contributed by atoms with Crippen LogP contribution in [0.1, 0.15) is 0 Å². The molecule has 2 nitrogen and oxygen atoms in total. The summed E-state index contributed by atoms with van der Waals surface area (Å²) in [6.45, 7) is 0. The standard InChI is InChI=1S/C32H20N2/c1-2-8-22(9-3-1)27-17-19-30-29(33-27)20-18-28(34-30)26-12-6-10-23-15-16-24-14-13-21-7-4-5-11-25(21)31(24)32(23)26/h1-20H. The molecule has 7 rings (SSSR count). The first kappa shape index (κ1) is 19.0. The molecule has 158 valence electrons. The van der Waals surface area contributed by atoms with Crippen molar-refractivity contribution >= 4 is 43.4 Å². The summed E-state index contributed by atoms with van der Waals surface area (Å²) >= 11 is 0. The number of nitrogens with zero attached hydrogens (tertiary/aromatic N) is 2. The molecule has 0 aliphatic carbocycles. The highest BCUT2D eigenvalue weighted by Gasteiger charge is 2.12. The van der Waals surface area contributed by atoms with Gasteiger partial charge in [0.15, 0.2) is 0 Å². The van der Waals surface area contributed by atoms with Gasteiger partial charge >= 0.3 is 0 Å². The molecule has 34 heavy (non-hydrogen) atoms. The summed E-state index contributed by atoms with van der Waals surface area (Å²) in [4.78, 5) is 9.93. The third-order valence-corrected chi connectivity index (χ3v) is 6.64. The van der Waals surface area contributed by atoms with E-state index in [0.29, 0.717) is 0 Å². The second kappa shape index (κ2) is 7.50. The van der Waals surface area contributed by atoms with Crippen LogP contribution in [-0.2, 0) is 0 Å². The van der Waals surface area contributed by atoms with E-state index in [1.165, 1.54) is 32.3 Å². The monoisotopic (exact) mass is 432 g/mol. The smallest absolute Gasteiger partial charge is 0.0894 e. The van der Waals surface area contributed by atoms with Gasteiger partial charge in [0.2, 0.25) is 0 Å². The Bertz CT molecular complexity index is 1850. The summed E-state index contributed by atoms with van der Waals surface area (Å²) in [6, 6.07) is 42.6. The average molecular weight is 433 g/mol. The Morgan fingerprint density at radius 1 is 0.382 bits per heavy atom. The molecule has 2 aromatic heterocycles. The quantitative estimate of drug-likeness (QED) is 0.256. The summed E-state index contributed by atoms with van der Waals surface area (Å²) in [5, 5.41) is 7.52. The molecule has 0 fully saturated rings. The Hall–Kier alpha value is -4.56. The second-order valence-electron chi connectivity index (χ2n) is 8.65. The Kier molecular flexibility index (Phi) is 4.18. The zero-order valence-electron chi connectivity index (χ0n) is 18.4. The fraction of sp³-hybridized carbons (Fsp3) is 0. The number of aromatic nitrogens is 2. The maximum atomic E-state index is 5.05. The third-order valence-electron chi connectivity index (χ3n) is 6.64. The molecule has 2 heterocycles. The zero-order chi connectivity index (χ0) is 22.5. The Morgan fingerprint density at radius 2 is 1.00 bits per heavy atom. The largest absolute Gasteiger partial charge is 0.246 e. The van der Waals surface area contributed by atoms with Gasteiger partial charge in [-0.1, -0.05) is 97.1 Å². The zero-order valence-corrected chi connectivity index (χ0v) is 18.4. The van der Waals surface area contributed by atoms with Crippen molar-refractivity contribution in [1.82, 2.24) is 9.97 Å². The van der Waals surface area contributed by atoms with Gasteiger partial charge in [0.25, 0.3) is 0 Å². The molecule has 0 N–H and O–H groups in total. The van der Waals surface area contributed by atoms with Crippen molar-refractivity contribution in [1.29, 1.82) is 0 Å². The normalized spacial score (nSPS) is 11.5. The van der Waals surface area contributed by atoms with E-state index in [1.54, 1.807) is 0 Å². The minimum atomic E-state index is 0.902. The van der Waals surface area contributed by atoms with Crippen LogP contribution in [0.4, 0.5) is 0 Å². The van der Waals surface area contributed by atoms with Gasteiger partial charge in [-0.05, 0) is 56.6 Å². The van der Waals surface area contributed by atoms with Crippen molar-refractivity contribution in [3.8, 4) is 22.5 Å². The molecule has 0 unspecified atom stereocenters. The van der Waals surface area contributed by atoms with Crippen LogP contribution in [0, 0.1) is 0 Å². The predicted molar refractivity (Wildman–Crippen MR) is 143 cm³/mol. The first-order valence-corrected chi connectivity index (χ1v) is 11.5. The van der Waals surface area contributed by atoms with E-state index in [9.17, 15) is 0 Å². The fourth-order valence-electron chi connectivity index (χ4n) is 5.02. The van der Waals surface area contributed by atoms with Gasteiger partial charge in [-0.15, -0.1) is 0 Å². The molecule has 5 aromatic carbocycles. The van der Waals surface area contributed by atoms with E-state index in [2.05, 4.69) is 103 Å². The molecule has 0 atom stereocenters. The van der Waals surface area contributed by atoms with Gasteiger partial charge in [-0.25, -0.2) is 9.97 Å². The average Bonchev–Trinajstić information content (AvgIpc) is 2.92. The highest BCUT2D eigenvalue weighted by Crippen LogP contribution is 2.38. The lowest BCUT2D eigenvalue weighted by molar-refractivity contribution is 1.34. The van der Waals surface area contributed by atoms with Crippen LogP contribution in [0.15, 0.2) is 121 Å².